The second-order valence-corrected chi connectivity index (χ2v) is 9.74. The first kappa shape index (κ1) is 24.4. The van der Waals surface area contributed by atoms with Crippen molar-refractivity contribution in [2.45, 2.75) is 20.3 Å². The number of ketones is 1. The van der Waals surface area contributed by atoms with Crippen LogP contribution in [0.5, 0.6) is 0 Å². The zero-order chi connectivity index (χ0) is 21.2. The zero-order valence-electron chi connectivity index (χ0n) is 18.0. The Kier molecular flexibility index (Phi) is 10.7. The third kappa shape index (κ3) is 10.1. The predicted octanol–water partition coefficient (Wildman–Crippen LogP) is -0.913. The van der Waals surface area contributed by atoms with Gasteiger partial charge in [-0.25, -0.2) is 0 Å². The van der Waals surface area contributed by atoms with Crippen LogP contribution in [0.3, 0.4) is 0 Å². The van der Waals surface area contributed by atoms with Gasteiger partial charge in [-0.1, -0.05) is 0 Å². The maximum atomic E-state index is 12.4. The minimum absolute atomic E-state index is 0.183. The van der Waals surface area contributed by atoms with Crippen molar-refractivity contribution in [3.05, 3.63) is 0 Å². The monoisotopic (exact) mass is 466 g/mol. The maximum absolute atomic E-state index is 12.4. The first-order chi connectivity index (χ1) is 13.8. The van der Waals surface area contributed by atoms with Gasteiger partial charge in [-0.3, -0.25) is 0 Å². The number of fused-ring (bicyclic) bond motifs is 14. The van der Waals surface area contributed by atoms with Crippen molar-refractivity contribution in [1.82, 2.24) is 19.6 Å². The van der Waals surface area contributed by atoms with Gasteiger partial charge in [0.05, 0.1) is 0 Å². The van der Waals surface area contributed by atoms with Crippen molar-refractivity contribution < 1.29 is 21.4 Å². The Balaban J connectivity index is 2.15. The zero-order valence-corrected chi connectivity index (χ0v) is 20.4. The van der Waals surface area contributed by atoms with Crippen LogP contribution in [0.2, 0.25) is 0 Å². The molecular weight excluding hydrogens is 432 g/mol. The molecule has 3 fully saturated rings. The van der Waals surface area contributed by atoms with E-state index < -0.39 is 18.1 Å². The molecule has 3 aliphatic rings. The molecule has 29 heavy (non-hydrogen) atoms. The van der Waals surface area contributed by atoms with Crippen molar-refractivity contribution in [3.8, 4) is 0 Å². The van der Waals surface area contributed by atoms with Crippen LogP contribution in [-0.4, -0.2) is 134 Å². The van der Waals surface area contributed by atoms with Crippen molar-refractivity contribution in [2.75, 3.05) is 79.0 Å². The molecule has 3 aliphatic heterocycles. The standard InChI is InChI=1S/C19H36N4O5.Ga/c1-16(2)12-17(24)13-21-8-10-22(14-18(25)26)6-4-20(3)5-7-23(11-9-21)15-19(27)28;/h16H,4-15H2,1-3H3,(H,25,26)(H,27,28);/q;+2/p-2/i;1-2. The van der Waals surface area contributed by atoms with E-state index >= 15 is 0 Å². The van der Waals surface area contributed by atoms with Crippen LogP contribution in [0.25, 0.3) is 0 Å². The molecule has 0 spiro atoms. The molecule has 2 bridgehead atoms. The number of carbonyl (C=O) groups excluding carboxylic acids is 3. The fourth-order valence-electron chi connectivity index (χ4n) is 3.45. The molecule has 163 valence electrons. The molecule has 2 atom stereocenters. The molecule has 10 heteroatoms. The van der Waals surface area contributed by atoms with E-state index in [1.807, 2.05) is 13.8 Å². The van der Waals surface area contributed by atoms with Crippen LogP contribution >= 0.6 is 0 Å². The molecule has 3 heterocycles. The number of carbonyl (C=O) groups is 3. The summed E-state index contributed by atoms with van der Waals surface area (Å²) in [5.41, 5.74) is 0. The van der Waals surface area contributed by atoms with Crippen LogP contribution in [0, 0.1) is 5.92 Å². The van der Waals surface area contributed by atoms with Gasteiger partial charge in [0.1, 0.15) is 0 Å². The second-order valence-electron chi connectivity index (χ2n) is 8.34. The van der Waals surface area contributed by atoms with Crippen molar-refractivity contribution >= 4 is 35.9 Å². The normalized spacial score (nSPS) is 26.5. The summed E-state index contributed by atoms with van der Waals surface area (Å²) in [5, 5.41) is 0. The van der Waals surface area contributed by atoms with Gasteiger partial charge in [0.15, 0.2) is 0 Å². The van der Waals surface area contributed by atoms with Crippen LogP contribution in [0.15, 0.2) is 0 Å². The Labute approximate surface area is 182 Å². The van der Waals surface area contributed by atoms with E-state index in [9.17, 15) is 14.4 Å². The molecule has 3 rings (SSSR count). The van der Waals surface area contributed by atoms with E-state index in [0.717, 1.165) is 26.2 Å². The quantitative estimate of drug-likeness (QED) is 0.489. The number of likely N-dealkylation sites (N-methyl/N-ethyl adjacent to an activating group) is 1. The molecule has 0 saturated carbocycles. The number of hydrogen-bond donors (Lipinski definition) is 0. The summed E-state index contributed by atoms with van der Waals surface area (Å²) in [6, 6.07) is 0. The fourth-order valence-corrected chi connectivity index (χ4v) is 4.32. The summed E-state index contributed by atoms with van der Waals surface area (Å²) in [7, 11) is 2.05. The SMILES string of the molecule is CC(C)CC(=O)CN1CCN2CCN(C)CCN(CC1)CC(=O)[O][68Ga][O]C(=O)C2. The predicted molar refractivity (Wildman–Crippen MR) is 109 cm³/mol. The van der Waals surface area contributed by atoms with Gasteiger partial charge in [-0.2, -0.15) is 0 Å². The average molecular weight is 466 g/mol. The Morgan fingerprint density at radius 1 is 0.897 bits per heavy atom. The molecule has 0 aromatic rings. The Bertz CT molecular complexity index is 529. The summed E-state index contributed by atoms with van der Waals surface area (Å²) < 4.78 is 10.4. The topological polar surface area (TPSA) is 82.6 Å². The van der Waals surface area contributed by atoms with Gasteiger partial charge >= 0.3 is 182 Å². The molecule has 2 unspecified atom stereocenters. The van der Waals surface area contributed by atoms with E-state index in [1.54, 1.807) is 0 Å². The first-order valence-corrected chi connectivity index (χ1v) is 12.4. The van der Waals surface area contributed by atoms with Crippen LogP contribution in [0.1, 0.15) is 20.3 Å². The molecule has 0 amide bonds. The molecule has 3 saturated heterocycles. The third-order valence-electron chi connectivity index (χ3n) is 5.16. The van der Waals surface area contributed by atoms with Crippen molar-refractivity contribution in [1.29, 1.82) is 0 Å². The third-order valence-corrected chi connectivity index (χ3v) is 6.67. The number of nitrogens with zero attached hydrogens (tertiary/aromatic N) is 4. The number of hydrogen-bond acceptors (Lipinski definition) is 9. The second kappa shape index (κ2) is 12.7. The van der Waals surface area contributed by atoms with Crippen molar-refractivity contribution in [2.24, 2.45) is 5.92 Å². The van der Waals surface area contributed by atoms with Crippen LogP contribution in [0.4, 0.5) is 0 Å². The Morgan fingerprint density at radius 2 is 1.38 bits per heavy atom. The summed E-state index contributed by atoms with van der Waals surface area (Å²) in [5.74, 6) is -0.107. The molecule has 0 aromatic carbocycles. The molecule has 1 radical (unpaired) electrons. The summed E-state index contributed by atoms with van der Waals surface area (Å²) in [6.07, 6.45) is 0.568. The van der Waals surface area contributed by atoms with Gasteiger partial charge in [0.25, 0.3) is 0 Å². The number of rotatable bonds is 4. The van der Waals surface area contributed by atoms with Gasteiger partial charge < -0.3 is 0 Å². The van der Waals surface area contributed by atoms with E-state index in [2.05, 4.69) is 26.6 Å². The van der Waals surface area contributed by atoms with Crippen LogP contribution in [-0.2, 0) is 21.4 Å². The van der Waals surface area contributed by atoms with Crippen LogP contribution < -0.4 is 0 Å². The first-order valence-electron chi connectivity index (χ1n) is 10.4. The minimum atomic E-state index is -1.80. The summed E-state index contributed by atoms with van der Waals surface area (Å²) in [4.78, 5) is 45.2. The summed E-state index contributed by atoms with van der Waals surface area (Å²) in [6.45, 7) is 10.8. The van der Waals surface area contributed by atoms with E-state index in [0.29, 0.717) is 45.1 Å². The van der Waals surface area contributed by atoms with E-state index in [1.165, 1.54) is 0 Å². The van der Waals surface area contributed by atoms with Gasteiger partial charge in [0.2, 0.25) is 0 Å². The summed E-state index contributed by atoms with van der Waals surface area (Å²) >= 11 is -1.80. The molecular formula is C19H34GaN4O5. The fraction of sp³-hybridized carbons (Fsp3) is 0.842. The average Bonchev–Trinajstić information content (AvgIpc) is 2.63. The molecule has 0 aliphatic carbocycles. The Morgan fingerprint density at radius 3 is 1.86 bits per heavy atom. The molecule has 9 nitrogen and oxygen atoms in total. The van der Waals surface area contributed by atoms with Gasteiger partial charge in [-0.05, 0) is 0 Å². The molecule has 0 aromatic heterocycles. The number of Topliss-reactive ketones (excluding diaryl/α,β-unsaturated/α-hetero) is 1. The van der Waals surface area contributed by atoms with Crippen molar-refractivity contribution in [3.63, 3.8) is 0 Å². The van der Waals surface area contributed by atoms with Gasteiger partial charge in [-0.15, -0.1) is 0 Å². The Hall–Kier alpha value is -0.914. The van der Waals surface area contributed by atoms with Gasteiger partial charge in [0, 0.05) is 0 Å². The van der Waals surface area contributed by atoms with E-state index in [4.69, 9.17) is 7.06 Å². The van der Waals surface area contributed by atoms with E-state index in [-0.39, 0.29) is 30.8 Å². The molecule has 0 N–H and O–H groups in total.